The molecule has 1 atom stereocenters. The Kier molecular flexibility index (Phi) is 4.80. The number of nitrogens with one attached hydrogen (secondary N) is 1. The van der Waals surface area contributed by atoms with Gasteiger partial charge in [-0.3, -0.25) is 0 Å². The largest absolute Gasteiger partial charge is 0.381 e. The Morgan fingerprint density at radius 1 is 1.16 bits per heavy atom. The average molecular weight is 278 g/mol. The van der Waals surface area contributed by atoms with E-state index in [-0.39, 0.29) is 11.9 Å². The van der Waals surface area contributed by atoms with Gasteiger partial charge in [0.1, 0.15) is 5.82 Å². The Balaban J connectivity index is 1.89. The topological polar surface area (TPSA) is 12.0 Å². The van der Waals surface area contributed by atoms with Gasteiger partial charge >= 0.3 is 0 Å². The number of benzene rings is 2. The van der Waals surface area contributed by atoms with Crippen molar-refractivity contribution in [3.05, 3.63) is 64.9 Å². The number of anilines is 1. The molecule has 0 fully saturated rings. The molecular weight excluding hydrogens is 261 g/mol. The average Bonchev–Trinajstić information content (AvgIpc) is 2.41. The number of rotatable bonds is 5. The van der Waals surface area contributed by atoms with Gasteiger partial charge in [-0.25, -0.2) is 4.39 Å². The van der Waals surface area contributed by atoms with E-state index in [2.05, 4.69) is 24.4 Å². The van der Waals surface area contributed by atoms with Crippen LogP contribution in [0.3, 0.4) is 0 Å². The monoisotopic (exact) mass is 277 g/mol. The minimum atomic E-state index is -0.313. The molecule has 2 aromatic rings. The minimum Gasteiger partial charge on any atom is -0.381 e. The van der Waals surface area contributed by atoms with Gasteiger partial charge in [0.2, 0.25) is 0 Å². The fourth-order valence-corrected chi connectivity index (χ4v) is 2.19. The van der Waals surface area contributed by atoms with Crippen molar-refractivity contribution in [2.24, 2.45) is 0 Å². The Hall–Kier alpha value is -1.54. The van der Waals surface area contributed by atoms with Crippen molar-refractivity contribution in [1.82, 2.24) is 0 Å². The summed E-state index contributed by atoms with van der Waals surface area (Å²) in [5, 5.41) is 3.73. The van der Waals surface area contributed by atoms with E-state index in [0.29, 0.717) is 5.02 Å². The molecule has 0 bridgehead atoms. The molecule has 0 aromatic heterocycles. The minimum absolute atomic E-state index is 0.281. The van der Waals surface area contributed by atoms with Crippen LogP contribution in [-0.2, 0) is 6.42 Å². The first-order valence-electron chi connectivity index (χ1n) is 6.40. The van der Waals surface area contributed by atoms with Crippen LogP contribution in [0.15, 0.2) is 48.5 Å². The molecule has 100 valence electrons. The van der Waals surface area contributed by atoms with Gasteiger partial charge in [-0.2, -0.15) is 0 Å². The van der Waals surface area contributed by atoms with Crippen LogP contribution in [-0.4, -0.2) is 6.04 Å². The zero-order valence-corrected chi connectivity index (χ0v) is 11.6. The lowest BCUT2D eigenvalue weighted by Gasteiger charge is -2.16. The standard InChI is InChI=1S/C16H17ClFN/c1-12(7-8-13-5-3-2-4-6-13)19-16-10-9-14(18)11-15(16)17/h2-6,9-12,19H,7-8H2,1H3. The van der Waals surface area contributed by atoms with Gasteiger partial charge in [-0.1, -0.05) is 41.9 Å². The molecule has 0 saturated carbocycles. The third-order valence-electron chi connectivity index (χ3n) is 3.04. The maximum Gasteiger partial charge on any atom is 0.124 e. The second kappa shape index (κ2) is 6.58. The zero-order chi connectivity index (χ0) is 13.7. The first kappa shape index (κ1) is 13.9. The molecule has 3 heteroatoms. The van der Waals surface area contributed by atoms with Gasteiger partial charge < -0.3 is 5.32 Å². The van der Waals surface area contributed by atoms with Crippen molar-refractivity contribution in [1.29, 1.82) is 0 Å². The molecule has 1 nitrogen and oxygen atoms in total. The fraction of sp³-hybridized carbons (Fsp3) is 0.250. The Morgan fingerprint density at radius 3 is 2.58 bits per heavy atom. The second-order valence-electron chi connectivity index (χ2n) is 4.69. The normalized spacial score (nSPS) is 12.2. The van der Waals surface area contributed by atoms with E-state index >= 15 is 0 Å². The van der Waals surface area contributed by atoms with Crippen LogP contribution in [0.25, 0.3) is 0 Å². The van der Waals surface area contributed by atoms with E-state index in [1.807, 2.05) is 18.2 Å². The lowest BCUT2D eigenvalue weighted by Crippen LogP contribution is -2.16. The van der Waals surface area contributed by atoms with Gasteiger partial charge in [0, 0.05) is 6.04 Å². The summed E-state index contributed by atoms with van der Waals surface area (Å²) in [4.78, 5) is 0. The summed E-state index contributed by atoms with van der Waals surface area (Å²) in [5.41, 5.74) is 2.10. The van der Waals surface area contributed by atoms with E-state index in [1.165, 1.54) is 17.7 Å². The van der Waals surface area contributed by atoms with E-state index in [4.69, 9.17) is 11.6 Å². The summed E-state index contributed by atoms with van der Waals surface area (Å²) in [6.45, 7) is 2.10. The van der Waals surface area contributed by atoms with Crippen molar-refractivity contribution in [2.45, 2.75) is 25.8 Å². The molecule has 0 radical (unpaired) electrons. The molecular formula is C16H17ClFN. The van der Waals surface area contributed by atoms with Crippen molar-refractivity contribution < 1.29 is 4.39 Å². The highest BCUT2D eigenvalue weighted by Crippen LogP contribution is 2.23. The van der Waals surface area contributed by atoms with E-state index in [9.17, 15) is 4.39 Å². The quantitative estimate of drug-likeness (QED) is 0.818. The smallest absolute Gasteiger partial charge is 0.124 e. The summed E-state index contributed by atoms with van der Waals surface area (Å²) in [5.74, 6) is -0.313. The summed E-state index contributed by atoms with van der Waals surface area (Å²) in [6.07, 6.45) is 2.01. The van der Waals surface area contributed by atoms with Gasteiger partial charge in [0.15, 0.2) is 0 Å². The van der Waals surface area contributed by atoms with Crippen LogP contribution in [0.5, 0.6) is 0 Å². The van der Waals surface area contributed by atoms with Crippen LogP contribution in [0.2, 0.25) is 5.02 Å². The predicted molar refractivity (Wildman–Crippen MR) is 79.3 cm³/mol. The number of hydrogen-bond donors (Lipinski definition) is 1. The highest BCUT2D eigenvalue weighted by molar-refractivity contribution is 6.33. The Bertz CT molecular complexity index is 528. The van der Waals surface area contributed by atoms with Crippen LogP contribution in [0.1, 0.15) is 18.9 Å². The lowest BCUT2D eigenvalue weighted by atomic mass is 10.1. The number of halogens is 2. The molecule has 0 spiro atoms. The summed E-state index contributed by atoms with van der Waals surface area (Å²) in [7, 11) is 0. The molecule has 0 saturated heterocycles. The van der Waals surface area contributed by atoms with Crippen LogP contribution >= 0.6 is 11.6 Å². The van der Waals surface area contributed by atoms with Crippen molar-refractivity contribution in [2.75, 3.05) is 5.32 Å². The maximum atomic E-state index is 12.9. The van der Waals surface area contributed by atoms with Crippen molar-refractivity contribution in [3.8, 4) is 0 Å². The highest BCUT2D eigenvalue weighted by atomic mass is 35.5. The molecule has 1 unspecified atom stereocenters. The molecule has 1 N–H and O–H groups in total. The molecule has 0 heterocycles. The Labute approximate surface area is 118 Å². The Morgan fingerprint density at radius 2 is 1.89 bits per heavy atom. The van der Waals surface area contributed by atoms with Gasteiger partial charge in [-0.05, 0) is 43.5 Å². The molecule has 0 aliphatic carbocycles. The van der Waals surface area contributed by atoms with Gasteiger partial charge in [0.25, 0.3) is 0 Å². The first-order chi connectivity index (χ1) is 9.15. The molecule has 0 aliphatic rings. The summed E-state index contributed by atoms with van der Waals surface area (Å²) >= 11 is 5.99. The van der Waals surface area contributed by atoms with Gasteiger partial charge in [-0.15, -0.1) is 0 Å². The SMILES string of the molecule is CC(CCc1ccccc1)Nc1ccc(F)cc1Cl. The maximum absolute atomic E-state index is 12.9. The van der Waals surface area contributed by atoms with Crippen molar-refractivity contribution in [3.63, 3.8) is 0 Å². The van der Waals surface area contributed by atoms with Crippen molar-refractivity contribution >= 4 is 17.3 Å². The van der Waals surface area contributed by atoms with Crippen LogP contribution in [0.4, 0.5) is 10.1 Å². The van der Waals surface area contributed by atoms with E-state index < -0.39 is 0 Å². The molecule has 19 heavy (non-hydrogen) atoms. The van der Waals surface area contributed by atoms with Gasteiger partial charge in [0.05, 0.1) is 10.7 Å². The number of hydrogen-bond acceptors (Lipinski definition) is 1. The first-order valence-corrected chi connectivity index (χ1v) is 6.78. The second-order valence-corrected chi connectivity index (χ2v) is 5.10. The highest BCUT2D eigenvalue weighted by Gasteiger charge is 2.06. The molecule has 0 aliphatic heterocycles. The molecule has 0 amide bonds. The zero-order valence-electron chi connectivity index (χ0n) is 10.9. The van der Waals surface area contributed by atoms with E-state index in [1.54, 1.807) is 6.07 Å². The third kappa shape index (κ3) is 4.25. The third-order valence-corrected chi connectivity index (χ3v) is 3.35. The van der Waals surface area contributed by atoms with E-state index in [0.717, 1.165) is 18.5 Å². The fourth-order valence-electron chi connectivity index (χ4n) is 1.97. The van der Waals surface area contributed by atoms with Crippen LogP contribution in [0, 0.1) is 5.82 Å². The summed E-state index contributed by atoms with van der Waals surface area (Å²) in [6, 6.07) is 15.1. The predicted octanol–water partition coefficient (Wildman–Crippen LogP) is 4.91. The summed E-state index contributed by atoms with van der Waals surface area (Å²) < 4.78 is 12.9. The number of aryl methyl sites for hydroxylation is 1. The van der Waals surface area contributed by atoms with Crippen LogP contribution < -0.4 is 5.32 Å². The molecule has 2 aromatic carbocycles. The molecule has 2 rings (SSSR count). The lowest BCUT2D eigenvalue weighted by molar-refractivity contribution is 0.627.